The van der Waals surface area contributed by atoms with E-state index in [1.54, 1.807) is 0 Å². The highest BCUT2D eigenvalue weighted by Crippen LogP contribution is 1.80. The zero-order valence-electron chi connectivity index (χ0n) is 8.88. The van der Waals surface area contributed by atoms with E-state index in [0.29, 0.717) is 13.2 Å². The average molecular weight is 203 g/mol. The number of aliphatic carboxylic acids is 1. The van der Waals surface area contributed by atoms with Gasteiger partial charge in [0, 0.05) is 6.61 Å². The maximum absolute atomic E-state index is 9.79. The minimum absolute atomic E-state index is 0.105. The summed E-state index contributed by atoms with van der Waals surface area (Å²) in [7, 11) is 0. The first-order valence-electron chi connectivity index (χ1n) is 4.80. The Morgan fingerprint density at radius 1 is 1.31 bits per heavy atom. The Bertz CT molecular complexity index is 105. The maximum Gasteiger partial charge on any atom is 0.305 e. The Hall–Kier alpha value is -0.0375. The van der Waals surface area contributed by atoms with Crippen molar-refractivity contribution in [3.05, 3.63) is 0 Å². The number of carbonyl (C=O) groups is 1. The second-order valence-electron chi connectivity index (χ2n) is 2.45. The van der Waals surface area contributed by atoms with Crippen molar-refractivity contribution >= 4 is 21.2 Å². The van der Waals surface area contributed by atoms with Crippen molar-refractivity contribution in [2.24, 2.45) is 0 Å². The van der Waals surface area contributed by atoms with Gasteiger partial charge in [-0.2, -0.15) is 0 Å². The molecule has 0 aliphatic carbocycles. The van der Waals surface area contributed by atoms with Crippen LogP contribution in [0.1, 0.15) is 27.2 Å². The molecule has 0 spiro atoms. The molecule has 4 heteroatoms. The van der Waals surface area contributed by atoms with Crippen molar-refractivity contribution in [3.63, 3.8) is 0 Å². The van der Waals surface area contributed by atoms with Crippen LogP contribution >= 0.6 is 0 Å². The fraction of sp³-hybridized carbons (Fsp3) is 0.889. The van der Waals surface area contributed by atoms with E-state index in [4.69, 9.17) is 9.84 Å². The predicted octanol–water partition coefficient (Wildman–Crippen LogP) is 2.06. The minimum atomic E-state index is -0.807. The third-order valence-electron chi connectivity index (χ3n) is 1.24. The quantitative estimate of drug-likeness (QED) is 0.531. The molecule has 0 rings (SSSR count). The third-order valence-corrected chi connectivity index (χ3v) is 2.40. The van der Waals surface area contributed by atoms with E-state index in [2.05, 4.69) is 13.8 Å². The first kappa shape index (κ1) is 15.4. The average Bonchev–Trinajstić information content (AvgIpc) is 2.07. The first-order chi connectivity index (χ1) is 6.18. The summed E-state index contributed by atoms with van der Waals surface area (Å²) in [5.41, 5.74) is 0. The summed E-state index contributed by atoms with van der Waals surface area (Å²) < 4.78 is 4.76. The summed E-state index contributed by atoms with van der Waals surface area (Å²) in [6.07, 6.45) is 0.105. The van der Waals surface area contributed by atoms with Crippen molar-refractivity contribution in [2.45, 2.75) is 37.8 Å². The van der Waals surface area contributed by atoms with Crippen LogP contribution in [0.5, 0.6) is 0 Å². The van der Waals surface area contributed by atoms with Gasteiger partial charge in [-0.15, -0.1) is 10.6 Å². The summed E-state index contributed by atoms with van der Waals surface area (Å²) in [5, 5.41) is 10.9. The molecule has 1 radical (unpaired) electrons. The fourth-order valence-corrected chi connectivity index (χ4v) is 1.17. The van der Waals surface area contributed by atoms with Gasteiger partial charge >= 0.3 is 5.97 Å². The van der Waals surface area contributed by atoms with E-state index < -0.39 is 5.97 Å². The molecule has 0 aliphatic rings. The van der Waals surface area contributed by atoms with E-state index in [9.17, 15) is 4.79 Å². The molecule has 0 aromatic carbocycles. The van der Waals surface area contributed by atoms with Crippen molar-refractivity contribution in [3.8, 4) is 0 Å². The van der Waals surface area contributed by atoms with Crippen LogP contribution in [0.3, 0.4) is 0 Å². The van der Waals surface area contributed by atoms with Gasteiger partial charge < -0.3 is 9.84 Å². The zero-order chi connectivity index (χ0) is 10.5. The number of rotatable bonds is 6. The van der Waals surface area contributed by atoms with E-state index in [0.717, 1.165) is 15.2 Å². The Kier molecular flexibility index (Phi) is 17.2. The molecule has 3 nitrogen and oxygen atoms in total. The Morgan fingerprint density at radius 2 is 1.85 bits per heavy atom. The lowest BCUT2D eigenvalue weighted by Crippen LogP contribution is -2.01. The molecule has 13 heavy (non-hydrogen) atoms. The molecule has 0 unspecified atom stereocenters. The second-order valence-corrected chi connectivity index (χ2v) is 4.66. The van der Waals surface area contributed by atoms with Crippen LogP contribution in [0.2, 0.25) is 10.6 Å². The predicted molar refractivity (Wildman–Crippen MR) is 55.5 cm³/mol. The van der Waals surface area contributed by atoms with Gasteiger partial charge in [0.2, 0.25) is 0 Å². The SMILES string of the molecule is CCOCCC(=O)O.C[CH2][Al][CH2]C. The Morgan fingerprint density at radius 3 is 2.08 bits per heavy atom. The molecule has 0 aliphatic heterocycles. The van der Waals surface area contributed by atoms with Crippen LogP contribution in [-0.4, -0.2) is 39.5 Å². The van der Waals surface area contributed by atoms with Gasteiger partial charge in [-0.05, 0) is 6.92 Å². The molecule has 1 N–H and O–H groups in total. The normalized spacial score (nSPS) is 8.54. The molecule has 0 aromatic heterocycles. The van der Waals surface area contributed by atoms with Gasteiger partial charge in [0.15, 0.2) is 15.2 Å². The standard InChI is InChI=1S/C5H10O3.2C2H5.Al/c1-2-8-4-3-5(6)7;2*1-2;/h2-4H2,1H3,(H,6,7);2*1H2,2H3;. The van der Waals surface area contributed by atoms with Crippen LogP contribution in [-0.2, 0) is 9.53 Å². The van der Waals surface area contributed by atoms with Crippen molar-refractivity contribution in [2.75, 3.05) is 13.2 Å². The summed E-state index contributed by atoms with van der Waals surface area (Å²) in [6, 6.07) is 0. The molecule has 0 fully saturated rings. The number of ether oxygens (including phenoxy) is 1. The van der Waals surface area contributed by atoms with Crippen molar-refractivity contribution in [1.29, 1.82) is 0 Å². The summed E-state index contributed by atoms with van der Waals surface area (Å²) >= 11 is 0.815. The van der Waals surface area contributed by atoms with E-state index in [-0.39, 0.29) is 6.42 Å². The number of hydrogen-bond acceptors (Lipinski definition) is 2. The van der Waals surface area contributed by atoms with Crippen LogP contribution in [0.25, 0.3) is 0 Å². The number of hydrogen-bond donors (Lipinski definition) is 1. The second kappa shape index (κ2) is 14.5. The molecule has 0 atom stereocenters. The van der Waals surface area contributed by atoms with Crippen LogP contribution in [0, 0.1) is 0 Å². The van der Waals surface area contributed by atoms with Crippen LogP contribution < -0.4 is 0 Å². The van der Waals surface area contributed by atoms with Gasteiger partial charge in [-0.3, -0.25) is 4.79 Å². The maximum atomic E-state index is 9.79. The molecule has 0 saturated heterocycles. The largest absolute Gasteiger partial charge is 0.481 e. The van der Waals surface area contributed by atoms with Crippen molar-refractivity contribution < 1.29 is 14.6 Å². The minimum Gasteiger partial charge on any atom is -0.481 e. The third kappa shape index (κ3) is 24.5. The summed E-state index contributed by atoms with van der Waals surface area (Å²) in [6.45, 7) is 7.25. The summed E-state index contributed by atoms with van der Waals surface area (Å²) in [4.78, 5) is 9.79. The van der Waals surface area contributed by atoms with Gasteiger partial charge in [0.25, 0.3) is 0 Å². The Labute approximate surface area is 87.2 Å². The molecule has 0 bridgehead atoms. The van der Waals surface area contributed by atoms with Crippen LogP contribution in [0.4, 0.5) is 0 Å². The molecule has 0 aromatic rings. The highest BCUT2D eigenvalue weighted by molar-refractivity contribution is 6.34. The molecular weight excluding hydrogens is 183 g/mol. The lowest BCUT2D eigenvalue weighted by Gasteiger charge is -1.93. The van der Waals surface area contributed by atoms with Gasteiger partial charge in [0.1, 0.15) is 0 Å². The van der Waals surface area contributed by atoms with E-state index >= 15 is 0 Å². The first-order valence-corrected chi connectivity index (χ1v) is 6.43. The van der Waals surface area contributed by atoms with Gasteiger partial charge in [-0.25, -0.2) is 0 Å². The smallest absolute Gasteiger partial charge is 0.305 e. The van der Waals surface area contributed by atoms with E-state index in [1.165, 1.54) is 10.6 Å². The zero-order valence-corrected chi connectivity index (χ0v) is 10.0. The Balaban J connectivity index is 0. The molecule has 0 heterocycles. The number of carboxylic acid groups (broad SMARTS) is 1. The highest BCUT2D eigenvalue weighted by atomic mass is 27.1. The lowest BCUT2D eigenvalue weighted by atomic mass is 10.5. The lowest BCUT2D eigenvalue weighted by molar-refractivity contribution is -0.138. The van der Waals surface area contributed by atoms with Gasteiger partial charge in [0.05, 0.1) is 13.0 Å². The number of carboxylic acids is 1. The fourth-order valence-electron chi connectivity index (χ4n) is 0.592. The highest BCUT2D eigenvalue weighted by Gasteiger charge is 1.92. The van der Waals surface area contributed by atoms with E-state index in [1.807, 2.05) is 6.92 Å². The molecule has 0 saturated carbocycles. The molecule has 77 valence electrons. The molecular formula is C9H20AlO3. The van der Waals surface area contributed by atoms with Gasteiger partial charge in [-0.1, -0.05) is 13.8 Å². The monoisotopic (exact) mass is 203 g/mol. The van der Waals surface area contributed by atoms with Crippen LogP contribution in [0.15, 0.2) is 0 Å². The topological polar surface area (TPSA) is 46.5 Å². The van der Waals surface area contributed by atoms with Crippen molar-refractivity contribution in [1.82, 2.24) is 0 Å². The summed E-state index contributed by atoms with van der Waals surface area (Å²) in [5.74, 6) is -0.807. The molecule has 0 amide bonds.